The van der Waals surface area contributed by atoms with Gasteiger partial charge in [0.1, 0.15) is 0 Å². The van der Waals surface area contributed by atoms with E-state index < -0.39 is 29.4 Å². The highest BCUT2D eigenvalue weighted by Gasteiger charge is 2.16. The molecule has 0 fully saturated rings. The van der Waals surface area contributed by atoms with Crippen molar-refractivity contribution in [3.8, 4) is 0 Å². The largest absolute Gasteiger partial charge is 0.394 e. The lowest BCUT2D eigenvalue weighted by Gasteiger charge is -2.14. The molecule has 1 aromatic carbocycles. The van der Waals surface area contributed by atoms with Crippen LogP contribution in [0.4, 0.5) is 13.2 Å². The zero-order valence-corrected chi connectivity index (χ0v) is 9.14. The van der Waals surface area contributed by atoms with Crippen molar-refractivity contribution in [2.45, 2.75) is 19.4 Å². The first-order chi connectivity index (χ1) is 7.99. The van der Waals surface area contributed by atoms with E-state index in [1.807, 2.05) is 0 Å². The molecule has 0 bridgehead atoms. The van der Waals surface area contributed by atoms with Crippen LogP contribution in [0.25, 0.3) is 0 Å². The number of carbonyl (C=O) groups excluding carboxylic acids is 1. The Balaban J connectivity index is 2.90. The lowest BCUT2D eigenvalue weighted by atomic mass is 10.1. The molecule has 0 aliphatic carbocycles. The Hall–Kier alpha value is -1.56. The Labute approximate surface area is 96.3 Å². The summed E-state index contributed by atoms with van der Waals surface area (Å²) in [6.45, 7) is 1.45. The molecule has 0 radical (unpaired) electrons. The second-order valence-electron chi connectivity index (χ2n) is 3.52. The standard InChI is InChI=1S/C11H12F3NO2/c1-2-7(5-16)15-11(17)6-3-8(12)10(14)9(13)4-6/h3-4,7,16H,2,5H2,1H3,(H,15,17)/t7-/m0/s1. The van der Waals surface area contributed by atoms with Gasteiger partial charge in [-0.2, -0.15) is 0 Å². The van der Waals surface area contributed by atoms with Gasteiger partial charge >= 0.3 is 0 Å². The van der Waals surface area contributed by atoms with Crippen LogP contribution < -0.4 is 5.32 Å². The van der Waals surface area contributed by atoms with Crippen LogP contribution in [0.3, 0.4) is 0 Å². The predicted molar refractivity (Wildman–Crippen MR) is 54.9 cm³/mol. The van der Waals surface area contributed by atoms with Crippen molar-refractivity contribution in [1.82, 2.24) is 5.32 Å². The number of benzene rings is 1. The maximum Gasteiger partial charge on any atom is 0.251 e. The van der Waals surface area contributed by atoms with E-state index >= 15 is 0 Å². The van der Waals surface area contributed by atoms with Gasteiger partial charge in [-0.3, -0.25) is 4.79 Å². The number of nitrogens with one attached hydrogen (secondary N) is 1. The molecule has 0 spiro atoms. The van der Waals surface area contributed by atoms with Crippen molar-refractivity contribution in [3.05, 3.63) is 35.1 Å². The Morgan fingerprint density at radius 3 is 2.29 bits per heavy atom. The van der Waals surface area contributed by atoms with E-state index in [4.69, 9.17) is 5.11 Å². The molecule has 1 atom stereocenters. The summed E-state index contributed by atoms with van der Waals surface area (Å²) in [5.74, 6) is -5.22. The molecular formula is C11H12F3NO2. The van der Waals surface area contributed by atoms with E-state index in [2.05, 4.69) is 5.32 Å². The molecule has 0 unspecified atom stereocenters. The minimum atomic E-state index is -1.62. The predicted octanol–water partition coefficient (Wildman–Crippen LogP) is 1.60. The fourth-order valence-corrected chi connectivity index (χ4v) is 1.23. The summed E-state index contributed by atoms with van der Waals surface area (Å²) in [5.41, 5.74) is -0.326. The maximum atomic E-state index is 12.9. The number of rotatable bonds is 4. The first-order valence-corrected chi connectivity index (χ1v) is 5.05. The van der Waals surface area contributed by atoms with E-state index in [9.17, 15) is 18.0 Å². The summed E-state index contributed by atoms with van der Waals surface area (Å²) >= 11 is 0. The molecule has 0 aliphatic heterocycles. The fraction of sp³-hybridized carbons (Fsp3) is 0.364. The highest BCUT2D eigenvalue weighted by atomic mass is 19.2. The molecule has 0 heterocycles. The minimum Gasteiger partial charge on any atom is -0.394 e. The first-order valence-electron chi connectivity index (χ1n) is 5.05. The quantitative estimate of drug-likeness (QED) is 0.794. The molecule has 94 valence electrons. The van der Waals surface area contributed by atoms with Gasteiger partial charge in [0.25, 0.3) is 5.91 Å². The smallest absolute Gasteiger partial charge is 0.251 e. The number of amides is 1. The molecule has 0 aliphatic rings. The lowest BCUT2D eigenvalue weighted by Crippen LogP contribution is -2.37. The number of carbonyl (C=O) groups is 1. The van der Waals surface area contributed by atoms with Gasteiger partial charge in [0.2, 0.25) is 0 Å². The lowest BCUT2D eigenvalue weighted by molar-refractivity contribution is 0.0914. The minimum absolute atomic E-state index is 0.283. The van der Waals surface area contributed by atoms with Crippen LogP contribution in [0.15, 0.2) is 12.1 Å². The molecule has 1 amide bonds. The molecule has 6 heteroatoms. The molecule has 3 nitrogen and oxygen atoms in total. The highest BCUT2D eigenvalue weighted by Crippen LogP contribution is 2.13. The topological polar surface area (TPSA) is 49.3 Å². The Morgan fingerprint density at radius 1 is 1.35 bits per heavy atom. The zero-order valence-electron chi connectivity index (χ0n) is 9.14. The molecule has 0 saturated heterocycles. The summed E-state index contributed by atoms with van der Waals surface area (Å²) in [4.78, 5) is 11.5. The van der Waals surface area contributed by atoms with Crippen LogP contribution in [0, 0.1) is 17.5 Å². The number of aliphatic hydroxyl groups is 1. The molecule has 0 aromatic heterocycles. The van der Waals surface area contributed by atoms with Crippen LogP contribution in [0.2, 0.25) is 0 Å². The molecule has 1 rings (SSSR count). The monoisotopic (exact) mass is 247 g/mol. The van der Waals surface area contributed by atoms with Crippen LogP contribution in [-0.2, 0) is 0 Å². The van der Waals surface area contributed by atoms with Crippen LogP contribution in [0.1, 0.15) is 23.7 Å². The average molecular weight is 247 g/mol. The third-order valence-electron chi connectivity index (χ3n) is 2.29. The highest BCUT2D eigenvalue weighted by molar-refractivity contribution is 5.94. The Morgan fingerprint density at radius 2 is 1.88 bits per heavy atom. The van der Waals surface area contributed by atoms with Crippen molar-refractivity contribution < 1.29 is 23.1 Å². The number of hydrogen-bond donors (Lipinski definition) is 2. The van der Waals surface area contributed by atoms with Gasteiger partial charge in [0.05, 0.1) is 12.6 Å². The Bertz CT molecular complexity index is 396. The molecule has 0 saturated carbocycles. The second kappa shape index (κ2) is 5.67. The summed E-state index contributed by atoms with van der Waals surface area (Å²) in [5, 5.41) is 11.2. The van der Waals surface area contributed by atoms with Gasteiger partial charge in [-0.05, 0) is 18.6 Å². The summed E-state index contributed by atoms with van der Waals surface area (Å²) in [6.07, 6.45) is 0.467. The third-order valence-corrected chi connectivity index (χ3v) is 2.29. The zero-order chi connectivity index (χ0) is 13.0. The number of halogens is 3. The van der Waals surface area contributed by atoms with Gasteiger partial charge in [0.15, 0.2) is 17.5 Å². The van der Waals surface area contributed by atoms with Crippen LogP contribution in [0.5, 0.6) is 0 Å². The first kappa shape index (κ1) is 13.5. The molecular weight excluding hydrogens is 235 g/mol. The Kier molecular flexibility index (Phi) is 4.51. The number of hydrogen-bond acceptors (Lipinski definition) is 2. The van der Waals surface area contributed by atoms with Crippen molar-refractivity contribution >= 4 is 5.91 Å². The summed E-state index contributed by atoms with van der Waals surface area (Å²) < 4.78 is 38.4. The van der Waals surface area contributed by atoms with Gasteiger partial charge < -0.3 is 10.4 Å². The fourth-order valence-electron chi connectivity index (χ4n) is 1.23. The van der Waals surface area contributed by atoms with Crippen molar-refractivity contribution in [2.75, 3.05) is 6.61 Å². The SMILES string of the molecule is CC[C@@H](CO)NC(=O)c1cc(F)c(F)c(F)c1. The summed E-state index contributed by atoms with van der Waals surface area (Å²) in [7, 11) is 0. The van der Waals surface area contributed by atoms with Gasteiger partial charge in [-0.15, -0.1) is 0 Å². The van der Waals surface area contributed by atoms with E-state index in [0.29, 0.717) is 18.6 Å². The summed E-state index contributed by atoms with van der Waals surface area (Å²) in [6, 6.07) is 0.717. The number of aliphatic hydroxyl groups excluding tert-OH is 1. The van der Waals surface area contributed by atoms with E-state index in [-0.39, 0.29) is 12.2 Å². The van der Waals surface area contributed by atoms with Crippen LogP contribution >= 0.6 is 0 Å². The van der Waals surface area contributed by atoms with Crippen molar-refractivity contribution in [1.29, 1.82) is 0 Å². The molecule has 1 aromatic rings. The van der Waals surface area contributed by atoms with E-state index in [0.717, 1.165) is 0 Å². The molecule has 17 heavy (non-hydrogen) atoms. The second-order valence-corrected chi connectivity index (χ2v) is 3.52. The van der Waals surface area contributed by atoms with Crippen molar-refractivity contribution in [2.24, 2.45) is 0 Å². The maximum absolute atomic E-state index is 12.9. The van der Waals surface area contributed by atoms with Crippen LogP contribution in [-0.4, -0.2) is 23.7 Å². The van der Waals surface area contributed by atoms with Gasteiger partial charge in [-0.1, -0.05) is 6.92 Å². The van der Waals surface area contributed by atoms with Crippen molar-refractivity contribution in [3.63, 3.8) is 0 Å². The normalized spacial score (nSPS) is 12.3. The average Bonchev–Trinajstić information content (AvgIpc) is 2.31. The molecule has 2 N–H and O–H groups in total. The van der Waals surface area contributed by atoms with E-state index in [1.165, 1.54) is 0 Å². The van der Waals surface area contributed by atoms with Gasteiger partial charge in [-0.25, -0.2) is 13.2 Å². The third kappa shape index (κ3) is 3.20. The van der Waals surface area contributed by atoms with E-state index in [1.54, 1.807) is 6.92 Å². The van der Waals surface area contributed by atoms with Gasteiger partial charge in [0, 0.05) is 5.56 Å².